The first-order valence-corrected chi connectivity index (χ1v) is 6.92. The molecule has 0 radical (unpaired) electrons. The number of rotatable bonds is 8. The van der Waals surface area contributed by atoms with Crippen LogP contribution in [0.15, 0.2) is 12.3 Å². The zero-order chi connectivity index (χ0) is 15.8. The molecule has 1 rings (SSSR count). The van der Waals surface area contributed by atoms with Gasteiger partial charge in [0, 0.05) is 33.0 Å². The number of nitrogens with zero attached hydrogens (tertiary/aromatic N) is 1. The van der Waals surface area contributed by atoms with E-state index >= 15 is 0 Å². The van der Waals surface area contributed by atoms with Crippen LogP contribution in [0.3, 0.4) is 0 Å². The number of aromatic nitrogens is 1. The summed E-state index contributed by atoms with van der Waals surface area (Å²) in [6.07, 6.45) is 1.51. The van der Waals surface area contributed by atoms with Crippen LogP contribution in [0.2, 0.25) is 0 Å². The number of ether oxygens (including phenoxy) is 2. The van der Waals surface area contributed by atoms with Gasteiger partial charge in [0.1, 0.15) is 5.69 Å². The molecule has 0 spiro atoms. The molecule has 21 heavy (non-hydrogen) atoms. The van der Waals surface area contributed by atoms with Crippen LogP contribution in [0.5, 0.6) is 0 Å². The highest BCUT2D eigenvalue weighted by Gasteiger charge is 2.21. The van der Waals surface area contributed by atoms with Crippen molar-refractivity contribution in [3.8, 4) is 0 Å². The molecule has 1 aromatic rings. The van der Waals surface area contributed by atoms with E-state index in [0.29, 0.717) is 37.5 Å². The van der Waals surface area contributed by atoms with Crippen molar-refractivity contribution >= 4 is 17.6 Å². The van der Waals surface area contributed by atoms with Gasteiger partial charge in [0.25, 0.3) is 5.91 Å². The molecule has 1 unspecified atom stereocenters. The Morgan fingerprint density at radius 1 is 1.48 bits per heavy atom. The minimum absolute atomic E-state index is 0.331. The predicted octanol–water partition coefficient (Wildman–Crippen LogP) is 0.788. The summed E-state index contributed by atoms with van der Waals surface area (Å²) in [7, 11) is 1.60. The lowest BCUT2D eigenvalue weighted by molar-refractivity contribution is -0.129. The number of carbonyl (C=O) groups is 2. The van der Waals surface area contributed by atoms with Crippen molar-refractivity contribution in [2.75, 3.05) is 26.0 Å². The van der Waals surface area contributed by atoms with Crippen LogP contribution in [0.4, 0.5) is 5.69 Å². The number of nitrogens with one attached hydrogen (secondary N) is 1. The molecule has 1 heterocycles. The monoisotopic (exact) mass is 297 g/mol. The molecule has 0 fully saturated rings. The van der Waals surface area contributed by atoms with E-state index in [4.69, 9.17) is 15.2 Å². The molecule has 7 heteroatoms. The van der Waals surface area contributed by atoms with E-state index in [1.165, 1.54) is 13.0 Å². The van der Waals surface area contributed by atoms with Crippen molar-refractivity contribution in [3.05, 3.63) is 18.0 Å². The van der Waals surface area contributed by atoms with Gasteiger partial charge in [-0.25, -0.2) is 4.79 Å². The fourth-order valence-electron chi connectivity index (χ4n) is 1.81. The van der Waals surface area contributed by atoms with Crippen LogP contribution in [0.1, 0.15) is 30.8 Å². The number of anilines is 1. The van der Waals surface area contributed by atoms with Crippen LogP contribution in [0, 0.1) is 0 Å². The lowest BCUT2D eigenvalue weighted by Gasteiger charge is -2.14. The molecule has 1 aromatic heterocycles. The minimum Gasteiger partial charge on any atom is -0.448 e. The zero-order valence-corrected chi connectivity index (χ0v) is 12.7. The maximum absolute atomic E-state index is 12.0. The second kappa shape index (κ2) is 8.31. The van der Waals surface area contributed by atoms with Crippen LogP contribution >= 0.6 is 0 Å². The Kier molecular flexibility index (Phi) is 6.74. The average Bonchev–Trinajstić information content (AvgIpc) is 2.84. The first kappa shape index (κ1) is 17.0. The lowest BCUT2D eigenvalue weighted by Crippen LogP contribution is -2.36. The van der Waals surface area contributed by atoms with E-state index in [1.54, 1.807) is 17.9 Å². The number of hydrogen-bond acceptors (Lipinski definition) is 5. The Hall–Kier alpha value is -2.02. The third-order valence-electron chi connectivity index (χ3n) is 2.95. The average molecular weight is 297 g/mol. The Morgan fingerprint density at radius 3 is 2.81 bits per heavy atom. The van der Waals surface area contributed by atoms with Crippen molar-refractivity contribution < 1.29 is 19.1 Å². The Labute approximate surface area is 124 Å². The molecule has 3 N–H and O–H groups in total. The highest BCUT2D eigenvalue weighted by atomic mass is 16.5. The van der Waals surface area contributed by atoms with Gasteiger partial charge in [0.2, 0.25) is 0 Å². The fourth-order valence-corrected chi connectivity index (χ4v) is 1.81. The summed E-state index contributed by atoms with van der Waals surface area (Å²) in [5.74, 6) is -0.893. The number of aryl methyl sites for hydroxylation is 1. The maximum Gasteiger partial charge on any atom is 0.355 e. The highest BCUT2D eigenvalue weighted by Crippen LogP contribution is 2.12. The number of nitrogens with two attached hydrogens (primary N) is 1. The summed E-state index contributed by atoms with van der Waals surface area (Å²) in [5, 5.41) is 2.68. The van der Waals surface area contributed by atoms with Gasteiger partial charge >= 0.3 is 5.97 Å². The number of hydrogen-bond donors (Lipinski definition) is 2. The Balaban J connectivity index is 2.51. The Bertz CT molecular complexity index is 485. The van der Waals surface area contributed by atoms with Crippen molar-refractivity contribution in [2.24, 2.45) is 0 Å². The van der Waals surface area contributed by atoms with Crippen LogP contribution in [-0.2, 0) is 20.8 Å². The van der Waals surface area contributed by atoms with Crippen LogP contribution in [-0.4, -0.2) is 42.8 Å². The standard InChI is InChI=1S/C14H23N3O4/c1-4-17-9-11(15)8-12(17)14(19)21-10(2)13(18)16-6-5-7-20-3/h8-10H,4-7,15H2,1-3H3,(H,16,18). The van der Waals surface area contributed by atoms with E-state index in [9.17, 15) is 9.59 Å². The molecule has 0 saturated carbocycles. The van der Waals surface area contributed by atoms with Crippen molar-refractivity contribution in [3.63, 3.8) is 0 Å². The van der Waals surface area contributed by atoms with E-state index in [2.05, 4.69) is 5.32 Å². The Morgan fingerprint density at radius 2 is 2.19 bits per heavy atom. The van der Waals surface area contributed by atoms with E-state index in [0.717, 1.165) is 0 Å². The number of esters is 1. The SMILES string of the molecule is CCn1cc(N)cc1C(=O)OC(C)C(=O)NCCCOC. The first-order valence-electron chi connectivity index (χ1n) is 6.92. The van der Waals surface area contributed by atoms with Crippen molar-refractivity contribution in [1.29, 1.82) is 0 Å². The number of methoxy groups -OCH3 is 1. The fraction of sp³-hybridized carbons (Fsp3) is 0.571. The smallest absolute Gasteiger partial charge is 0.355 e. The molecule has 0 aliphatic heterocycles. The van der Waals surface area contributed by atoms with E-state index in [-0.39, 0.29) is 5.91 Å². The van der Waals surface area contributed by atoms with Crippen molar-refractivity contribution in [1.82, 2.24) is 9.88 Å². The summed E-state index contributed by atoms with van der Waals surface area (Å²) in [4.78, 5) is 23.8. The highest BCUT2D eigenvalue weighted by molar-refractivity contribution is 5.91. The molecule has 0 aliphatic carbocycles. The molecule has 1 atom stereocenters. The maximum atomic E-state index is 12.0. The predicted molar refractivity (Wildman–Crippen MR) is 78.9 cm³/mol. The second-order valence-electron chi connectivity index (χ2n) is 4.63. The summed E-state index contributed by atoms with van der Waals surface area (Å²) < 4.78 is 11.7. The number of carbonyl (C=O) groups excluding carboxylic acids is 2. The third kappa shape index (κ3) is 5.11. The zero-order valence-electron chi connectivity index (χ0n) is 12.7. The largest absolute Gasteiger partial charge is 0.448 e. The molecular weight excluding hydrogens is 274 g/mol. The summed E-state index contributed by atoms with van der Waals surface area (Å²) in [6.45, 7) is 5.07. The van der Waals surface area contributed by atoms with Gasteiger partial charge in [-0.3, -0.25) is 4.79 Å². The summed E-state index contributed by atoms with van der Waals surface area (Å²) in [6, 6.07) is 1.54. The summed E-state index contributed by atoms with van der Waals surface area (Å²) >= 11 is 0. The molecule has 7 nitrogen and oxygen atoms in total. The first-order chi connectivity index (χ1) is 9.99. The molecular formula is C14H23N3O4. The quantitative estimate of drug-likeness (QED) is 0.546. The van der Waals surface area contributed by atoms with Gasteiger partial charge in [0.05, 0.1) is 5.69 Å². The lowest BCUT2D eigenvalue weighted by atomic mass is 10.3. The van der Waals surface area contributed by atoms with Gasteiger partial charge < -0.3 is 25.1 Å². The van der Waals surface area contributed by atoms with Crippen molar-refractivity contribution in [2.45, 2.75) is 32.9 Å². The molecule has 118 valence electrons. The van der Waals surface area contributed by atoms with Gasteiger partial charge in [-0.2, -0.15) is 0 Å². The number of amides is 1. The van der Waals surface area contributed by atoms with Gasteiger partial charge in [-0.1, -0.05) is 0 Å². The minimum atomic E-state index is -0.860. The molecule has 0 bridgehead atoms. The van der Waals surface area contributed by atoms with E-state index < -0.39 is 12.1 Å². The van der Waals surface area contributed by atoms with Gasteiger partial charge in [-0.05, 0) is 26.3 Å². The normalized spacial score (nSPS) is 12.0. The second-order valence-corrected chi connectivity index (χ2v) is 4.63. The van der Waals surface area contributed by atoms with Gasteiger partial charge in [0.15, 0.2) is 6.10 Å². The molecule has 0 saturated heterocycles. The molecule has 1 amide bonds. The van der Waals surface area contributed by atoms with Gasteiger partial charge in [-0.15, -0.1) is 0 Å². The van der Waals surface area contributed by atoms with E-state index in [1.807, 2.05) is 6.92 Å². The number of nitrogen functional groups attached to an aromatic ring is 1. The summed E-state index contributed by atoms with van der Waals surface area (Å²) in [5.41, 5.74) is 6.49. The third-order valence-corrected chi connectivity index (χ3v) is 2.95. The molecule has 0 aromatic carbocycles. The molecule has 0 aliphatic rings. The van der Waals surface area contributed by atoms with Crippen LogP contribution in [0.25, 0.3) is 0 Å². The topological polar surface area (TPSA) is 95.6 Å². The van der Waals surface area contributed by atoms with Crippen LogP contribution < -0.4 is 11.1 Å².